The van der Waals surface area contributed by atoms with E-state index in [1.165, 1.54) is 6.07 Å². The van der Waals surface area contributed by atoms with E-state index in [-0.39, 0.29) is 17.4 Å². The Bertz CT molecular complexity index is 1290. The van der Waals surface area contributed by atoms with Crippen LogP contribution in [-0.4, -0.2) is 42.6 Å². The van der Waals surface area contributed by atoms with Crippen LogP contribution < -0.4 is 9.62 Å². The zero-order valence-electron chi connectivity index (χ0n) is 18.5. The molecule has 9 heteroatoms. The van der Waals surface area contributed by atoms with E-state index in [2.05, 4.69) is 14.7 Å². The number of nitrogens with zero attached hydrogens (tertiary/aromatic N) is 3. The number of nitrogens with one attached hydrogen (secondary N) is 1. The van der Waals surface area contributed by atoms with Crippen LogP contribution in [0.2, 0.25) is 0 Å². The number of aryl methyl sites for hydroxylation is 1. The topological polar surface area (TPSA) is 112 Å². The molecule has 0 aliphatic carbocycles. The number of anilines is 2. The Hall–Kier alpha value is -3.46. The number of sulfonamides is 1. The summed E-state index contributed by atoms with van der Waals surface area (Å²) in [5.41, 5.74) is 1.73. The van der Waals surface area contributed by atoms with Gasteiger partial charge in [0.2, 0.25) is 0 Å². The van der Waals surface area contributed by atoms with Crippen molar-refractivity contribution in [3.63, 3.8) is 0 Å². The molecule has 8 nitrogen and oxygen atoms in total. The molecule has 1 atom stereocenters. The first kappa shape index (κ1) is 22.7. The summed E-state index contributed by atoms with van der Waals surface area (Å²) in [6, 6.07) is 17.6. The molecule has 1 saturated heterocycles. The number of piperidine rings is 1. The van der Waals surface area contributed by atoms with E-state index in [1.54, 1.807) is 31.2 Å². The van der Waals surface area contributed by atoms with E-state index in [1.807, 2.05) is 42.2 Å². The first-order chi connectivity index (χ1) is 15.7. The largest absolute Gasteiger partial charge is 0.481 e. The highest BCUT2D eigenvalue weighted by molar-refractivity contribution is 7.92. The minimum absolute atomic E-state index is 0.148. The maximum absolute atomic E-state index is 13.1. The number of hydrogen-bond acceptors (Lipinski definition) is 6. The van der Waals surface area contributed by atoms with E-state index in [0.29, 0.717) is 30.9 Å². The van der Waals surface area contributed by atoms with Crippen molar-refractivity contribution in [2.45, 2.75) is 31.7 Å². The molecule has 172 valence electrons. The molecule has 3 heterocycles. The fraction of sp³-hybridized carbons (Fsp3) is 0.292. The molecule has 0 unspecified atom stereocenters. The normalized spacial score (nSPS) is 18.7. The molecule has 1 aromatic carbocycles. The third kappa shape index (κ3) is 4.83. The van der Waals surface area contributed by atoms with Gasteiger partial charge >= 0.3 is 5.97 Å². The molecule has 4 rings (SSSR count). The smallest absolute Gasteiger partial charge is 0.311 e. The third-order valence-corrected chi connectivity index (χ3v) is 7.19. The van der Waals surface area contributed by atoms with Gasteiger partial charge in [-0.05, 0) is 56.5 Å². The molecule has 0 bridgehead atoms. The number of benzene rings is 1. The zero-order chi connectivity index (χ0) is 23.6. The number of carbonyl (C=O) groups is 1. The minimum atomic E-state index is -4.00. The number of hydrogen-bond donors (Lipinski definition) is 2. The Balaban J connectivity index is 1.58. The van der Waals surface area contributed by atoms with Crippen LogP contribution in [0.15, 0.2) is 65.7 Å². The van der Waals surface area contributed by atoms with Crippen LogP contribution in [0.1, 0.15) is 25.3 Å². The molecule has 2 aromatic heterocycles. The quantitative estimate of drug-likeness (QED) is 0.566. The first-order valence-electron chi connectivity index (χ1n) is 10.7. The highest BCUT2D eigenvalue weighted by Crippen LogP contribution is 2.32. The Morgan fingerprint density at radius 3 is 2.58 bits per heavy atom. The van der Waals surface area contributed by atoms with E-state index in [4.69, 9.17) is 0 Å². The van der Waals surface area contributed by atoms with Gasteiger partial charge in [0, 0.05) is 18.7 Å². The minimum Gasteiger partial charge on any atom is -0.481 e. The number of carboxylic acids is 1. The molecule has 3 aromatic rings. The van der Waals surface area contributed by atoms with Crippen LogP contribution in [0.3, 0.4) is 0 Å². The second-order valence-corrected chi connectivity index (χ2v) is 10.2. The Morgan fingerprint density at radius 2 is 1.82 bits per heavy atom. The molecule has 1 fully saturated rings. The van der Waals surface area contributed by atoms with E-state index < -0.39 is 21.4 Å². The van der Waals surface area contributed by atoms with Crippen LogP contribution in [-0.2, 0) is 14.8 Å². The first-order valence-corrected chi connectivity index (χ1v) is 12.2. The number of aliphatic carboxylic acids is 1. The Morgan fingerprint density at radius 1 is 1.06 bits per heavy atom. The summed E-state index contributed by atoms with van der Waals surface area (Å²) in [5, 5.41) is 9.42. The molecule has 1 aliphatic rings. The molecule has 0 radical (unpaired) electrons. The van der Waals surface area contributed by atoms with Gasteiger partial charge in [-0.3, -0.25) is 9.52 Å². The van der Waals surface area contributed by atoms with Gasteiger partial charge in [0.15, 0.2) is 5.03 Å². The van der Waals surface area contributed by atoms with Gasteiger partial charge in [0.25, 0.3) is 10.0 Å². The van der Waals surface area contributed by atoms with Gasteiger partial charge in [-0.25, -0.2) is 9.97 Å². The SMILES string of the molecule is Cc1ccccc1-c1cccc(NS(=O)(=O)c2cccc(N3CCC[C@@](C)(C(=O)O)C3)n2)n1. The molecular weight excluding hydrogens is 440 g/mol. The fourth-order valence-electron chi connectivity index (χ4n) is 4.03. The fourth-order valence-corrected chi connectivity index (χ4v) is 5.00. The highest BCUT2D eigenvalue weighted by atomic mass is 32.2. The summed E-state index contributed by atoms with van der Waals surface area (Å²) in [5.74, 6) is -0.233. The standard InChI is InChI=1S/C24H26N4O4S/c1-17-8-3-4-9-18(17)19-10-5-11-20(25-19)27-33(31,32)22-13-6-12-21(26-22)28-15-7-14-24(2,16-28)23(29)30/h3-6,8-13H,7,14-16H2,1-2H3,(H,25,27)(H,29,30)/t24-/m1/s1. The molecule has 0 spiro atoms. The van der Waals surface area contributed by atoms with Gasteiger partial charge in [-0.1, -0.05) is 36.4 Å². The zero-order valence-corrected chi connectivity index (χ0v) is 19.3. The van der Waals surface area contributed by atoms with Crippen LogP contribution in [0, 0.1) is 12.3 Å². The predicted octanol–water partition coefficient (Wildman–Crippen LogP) is 3.94. The number of rotatable bonds is 6. The molecule has 2 N–H and O–H groups in total. The van der Waals surface area contributed by atoms with Crippen LogP contribution >= 0.6 is 0 Å². The maximum atomic E-state index is 13.1. The van der Waals surface area contributed by atoms with Gasteiger partial charge in [-0.2, -0.15) is 8.42 Å². The van der Waals surface area contributed by atoms with Crippen molar-refractivity contribution < 1.29 is 18.3 Å². The average Bonchev–Trinajstić information content (AvgIpc) is 2.79. The van der Waals surface area contributed by atoms with Gasteiger partial charge < -0.3 is 10.0 Å². The summed E-state index contributed by atoms with van der Waals surface area (Å²) >= 11 is 0. The van der Waals surface area contributed by atoms with Crippen molar-refractivity contribution in [2.75, 3.05) is 22.7 Å². The molecule has 0 amide bonds. The van der Waals surface area contributed by atoms with E-state index in [0.717, 1.165) is 11.1 Å². The summed E-state index contributed by atoms with van der Waals surface area (Å²) in [6.07, 6.45) is 1.26. The lowest BCUT2D eigenvalue weighted by atomic mass is 9.82. The van der Waals surface area contributed by atoms with Crippen molar-refractivity contribution in [1.82, 2.24) is 9.97 Å². The van der Waals surface area contributed by atoms with Crippen LogP contribution in [0.5, 0.6) is 0 Å². The number of pyridine rings is 2. The van der Waals surface area contributed by atoms with Crippen molar-refractivity contribution in [2.24, 2.45) is 5.41 Å². The lowest BCUT2D eigenvalue weighted by molar-refractivity contribution is -0.148. The van der Waals surface area contributed by atoms with Crippen LogP contribution in [0.25, 0.3) is 11.3 Å². The van der Waals surface area contributed by atoms with Crippen LogP contribution in [0.4, 0.5) is 11.6 Å². The molecule has 1 aliphatic heterocycles. The van der Waals surface area contributed by atoms with Crippen molar-refractivity contribution >= 4 is 27.6 Å². The van der Waals surface area contributed by atoms with Gasteiger partial charge in [0.1, 0.15) is 11.6 Å². The number of carboxylic acid groups (broad SMARTS) is 1. The predicted molar refractivity (Wildman–Crippen MR) is 127 cm³/mol. The summed E-state index contributed by atoms with van der Waals surface area (Å²) in [6.45, 7) is 4.56. The average molecular weight is 467 g/mol. The van der Waals surface area contributed by atoms with Crippen molar-refractivity contribution in [3.05, 3.63) is 66.2 Å². The van der Waals surface area contributed by atoms with E-state index in [9.17, 15) is 18.3 Å². The lowest BCUT2D eigenvalue weighted by Gasteiger charge is -2.38. The second kappa shape index (κ2) is 8.82. The molecule has 33 heavy (non-hydrogen) atoms. The summed E-state index contributed by atoms with van der Waals surface area (Å²) in [7, 11) is -4.00. The summed E-state index contributed by atoms with van der Waals surface area (Å²) in [4.78, 5) is 22.3. The van der Waals surface area contributed by atoms with E-state index >= 15 is 0 Å². The van der Waals surface area contributed by atoms with Crippen molar-refractivity contribution in [1.29, 1.82) is 0 Å². The Labute approximate surface area is 193 Å². The Kier molecular flexibility index (Phi) is 6.07. The summed E-state index contributed by atoms with van der Waals surface area (Å²) < 4.78 is 28.6. The monoisotopic (exact) mass is 466 g/mol. The third-order valence-electron chi connectivity index (χ3n) is 5.93. The second-order valence-electron chi connectivity index (χ2n) is 8.55. The lowest BCUT2D eigenvalue weighted by Crippen LogP contribution is -2.46. The van der Waals surface area contributed by atoms with Crippen molar-refractivity contribution in [3.8, 4) is 11.3 Å². The van der Waals surface area contributed by atoms with Gasteiger partial charge in [-0.15, -0.1) is 0 Å². The highest BCUT2D eigenvalue weighted by Gasteiger charge is 2.38. The molecular formula is C24H26N4O4S. The molecule has 0 saturated carbocycles. The van der Waals surface area contributed by atoms with Gasteiger partial charge in [0.05, 0.1) is 11.1 Å². The maximum Gasteiger partial charge on any atom is 0.311 e. The number of aromatic nitrogens is 2.